The number of esters is 1. The van der Waals surface area contributed by atoms with Gasteiger partial charge in [0.05, 0.1) is 25.2 Å². The summed E-state index contributed by atoms with van der Waals surface area (Å²) in [4.78, 5) is 26.1. The first kappa shape index (κ1) is 59.8. The number of ether oxygens (including phenoxy) is 1. The molecule has 0 aliphatic rings. The van der Waals surface area contributed by atoms with Crippen molar-refractivity contribution in [3.8, 4) is 0 Å². The molecule has 0 rings (SSSR count). The van der Waals surface area contributed by atoms with Crippen LogP contribution in [0.4, 0.5) is 0 Å². The van der Waals surface area contributed by atoms with Gasteiger partial charge in [-0.2, -0.15) is 0 Å². The number of rotatable bonds is 45. The van der Waals surface area contributed by atoms with Crippen LogP contribution in [0.5, 0.6) is 0 Å². The monoisotopic (exact) mass is 876 g/mol. The van der Waals surface area contributed by atoms with Crippen molar-refractivity contribution in [2.75, 3.05) is 6.61 Å². The summed E-state index contributed by atoms with van der Waals surface area (Å²) in [5.41, 5.74) is 0. The summed E-state index contributed by atoms with van der Waals surface area (Å²) in [5, 5.41) is 23.7. The van der Waals surface area contributed by atoms with Crippen molar-refractivity contribution >= 4 is 11.9 Å². The molecule has 0 aromatic rings. The molecule has 6 nitrogen and oxygen atoms in total. The Hall–Kier alpha value is -3.22. The molecule has 0 radical (unpaired) electrons. The fraction of sp³-hybridized carbons (Fsp3) is 0.684. The van der Waals surface area contributed by atoms with Crippen LogP contribution < -0.4 is 5.32 Å². The van der Waals surface area contributed by atoms with E-state index in [1.54, 1.807) is 0 Å². The Morgan fingerprint density at radius 1 is 0.476 bits per heavy atom. The molecule has 0 heterocycles. The molecule has 0 aromatic heterocycles. The first-order valence-electron chi connectivity index (χ1n) is 26.0. The zero-order valence-electron chi connectivity index (χ0n) is 40.9. The fourth-order valence-corrected chi connectivity index (χ4v) is 7.24. The van der Waals surface area contributed by atoms with E-state index in [4.69, 9.17) is 4.74 Å². The molecule has 3 N–H and O–H groups in total. The normalized spacial score (nSPS) is 14.0. The molecular formula is C57H97NO5. The number of unbranched alkanes of at least 4 members (excludes halogenated alkanes) is 17. The van der Waals surface area contributed by atoms with Crippen LogP contribution in [0.1, 0.15) is 226 Å². The van der Waals surface area contributed by atoms with Gasteiger partial charge < -0.3 is 20.3 Å². The van der Waals surface area contributed by atoms with Crippen LogP contribution in [0, 0.1) is 0 Å². The average molecular weight is 876 g/mol. The van der Waals surface area contributed by atoms with E-state index in [9.17, 15) is 19.8 Å². The molecule has 3 unspecified atom stereocenters. The highest BCUT2D eigenvalue weighted by Gasteiger charge is 2.24. The summed E-state index contributed by atoms with van der Waals surface area (Å²) >= 11 is 0. The molecule has 0 aromatic carbocycles. The Morgan fingerprint density at radius 3 is 1.33 bits per heavy atom. The molecular weight excluding hydrogens is 779 g/mol. The summed E-state index contributed by atoms with van der Waals surface area (Å²) < 4.78 is 5.90. The summed E-state index contributed by atoms with van der Waals surface area (Å²) in [5.74, 6) is -0.572. The molecule has 0 saturated heterocycles. The predicted molar refractivity (Wildman–Crippen MR) is 273 cm³/mol. The number of aliphatic hydroxyl groups is 2. The third-order valence-corrected chi connectivity index (χ3v) is 11.1. The lowest BCUT2D eigenvalue weighted by Crippen LogP contribution is -2.46. The highest BCUT2D eigenvalue weighted by molar-refractivity contribution is 5.77. The van der Waals surface area contributed by atoms with Gasteiger partial charge in [-0.25, -0.2) is 0 Å². The first-order chi connectivity index (χ1) is 31.0. The van der Waals surface area contributed by atoms with Crippen molar-refractivity contribution in [1.82, 2.24) is 5.32 Å². The maximum atomic E-state index is 13.2. The Kier molecular flexibility index (Phi) is 47.2. The van der Waals surface area contributed by atoms with Crippen molar-refractivity contribution in [2.24, 2.45) is 0 Å². The fourth-order valence-electron chi connectivity index (χ4n) is 7.24. The quantitative estimate of drug-likeness (QED) is 0.0322. The third-order valence-electron chi connectivity index (χ3n) is 11.1. The van der Waals surface area contributed by atoms with Gasteiger partial charge >= 0.3 is 5.97 Å². The van der Waals surface area contributed by atoms with Gasteiger partial charge in [-0.3, -0.25) is 9.59 Å². The molecule has 6 heteroatoms. The summed E-state index contributed by atoms with van der Waals surface area (Å²) in [6, 6.07) is -0.725. The Morgan fingerprint density at radius 2 is 0.857 bits per heavy atom. The van der Waals surface area contributed by atoms with Crippen LogP contribution in [0.2, 0.25) is 0 Å². The van der Waals surface area contributed by atoms with E-state index in [2.05, 4.69) is 123 Å². The number of allylic oxidation sites excluding steroid dienone is 16. The van der Waals surface area contributed by atoms with Crippen LogP contribution in [0.3, 0.4) is 0 Å². The van der Waals surface area contributed by atoms with Crippen LogP contribution in [-0.2, 0) is 14.3 Å². The van der Waals surface area contributed by atoms with Crippen molar-refractivity contribution in [1.29, 1.82) is 0 Å². The first-order valence-corrected chi connectivity index (χ1v) is 26.0. The van der Waals surface area contributed by atoms with Crippen molar-refractivity contribution in [3.63, 3.8) is 0 Å². The number of hydrogen-bond donors (Lipinski definition) is 3. The number of carbonyl (C=O) groups is 2. The standard InChI is InChI=1S/C57H97NO5/c1-4-7-10-13-16-19-22-24-26-28-30-32-34-36-39-42-45-48-53(51-56(61)58-54(52-59)55(60)49-46-43-40-37-21-18-15-12-9-6-3)63-57(62)50-47-44-41-38-35-33-31-29-27-25-23-20-17-14-11-8-5-2/h8,11,16-17,19-20,24-27,30-33,38,41,53-55,59-60H,4-7,9-10,12-15,18,21-23,28-29,34-37,39-40,42-52H2,1-3H3,(H,58,61)/b11-8-,19-16-,20-17-,26-24-,27-25-,32-30-,33-31-,41-38-. The number of carbonyl (C=O) groups excluding carboxylic acids is 2. The lowest BCUT2D eigenvalue weighted by molar-refractivity contribution is -0.151. The van der Waals surface area contributed by atoms with Crippen LogP contribution in [0.15, 0.2) is 97.2 Å². The predicted octanol–water partition coefficient (Wildman–Crippen LogP) is 15.7. The third kappa shape index (κ3) is 45.2. The summed E-state index contributed by atoms with van der Waals surface area (Å²) in [6.07, 6.45) is 66.1. The van der Waals surface area contributed by atoms with E-state index in [1.807, 2.05) is 0 Å². The Balaban J connectivity index is 4.76. The summed E-state index contributed by atoms with van der Waals surface area (Å²) in [6.45, 7) is 6.30. The molecule has 1 amide bonds. The van der Waals surface area contributed by atoms with Gasteiger partial charge in [0.25, 0.3) is 0 Å². The Bertz CT molecular complexity index is 1260. The minimum Gasteiger partial charge on any atom is -0.462 e. The molecule has 0 aliphatic heterocycles. The SMILES string of the molecule is CC/C=C\C/C=C\C/C=C\C/C=C\C/C=C\CCCC(=O)OC(CCCCCC/C=C\C/C=C\C/C=C\CCCCC)CC(=O)NC(CO)C(O)CCCCCCCCCCCC. The lowest BCUT2D eigenvalue weighted by Gasteiger charge is -2.24. The van der Waals surface area contributed by atoms with E-state index < -0.39 is 18.2 Å². The zero-order valence-corrected chi connectivity index (χ0v) is 40.9. The van der Waals surface area contributed by atoms with E-state index in [1.165, 1.54) is 70.6 Å². The molecule has 0 aliphatic carbocycles. The van der Waals surface area contributed by atoms with Gasteiger partial charge in [0.2, 0.25) is 5.91 Å². The molecule has 0 fully saturated rings. The molecule has 0 bridgehead atoms. The van der Waals surface area contributed by atoms with Crippen LogP contribution in [-0.4, -0.2) is 46.9 Å². The minimum absolute atomic E-state index is 0.0346. The molecule has 0 saturated carbocycles. The smallest absolute Gasteiger partial charge is 0.306 e. The second-order valence-electron chi connectivity index (χ2n) is 17.2. The minimum atomic E-state index is -0.808. The number of hydrogen-bond acceptors (Lipinski definition) is 5. The second kappa shape index (κ2) is 49.8. The molecule has 63 heavy (non-hydrogen) atoms. The molecule has 3 atom stereocenters. The van der Waals surface area contributed by atoms with Gasteiger partial charge in [-0.05, 0) is 103 Å². The van der Waals surface area contributed by atoms with Gasteiger partial charge in [0.15, 0.2) is 0 Å². The van der Waals surface area contributed by atoms with E-state index in [0.29, 0.717) is 25.7 Å². The van der Waals surface area contributed by atoms with Gasteiger partial charge in [-0.1, -0.05) is 208 Å². The average Bonchev–Trinajstić information content (AvgIpc) is 3.28. The van der Waals surface area contributed by atoms with Crippen molar-refractivity contribution in [2.45, 2.75) is 244 Å². The molecule has 0 spiro atoms. The zero-order chi connectivity index (χ0) is 45.9. The number of nitrogens with one attached hydrogen (secondary N) is 1. The van der Waals surface area contributed by atoms with E-state index >= 15 is 0 Å². The van der Waals surface area contributed by atoms with Crippen molar-refractivity contribution < 1.29 is 24.5 Å². The maximum Gasteiger partial charge on any atom is 0.306 e. The highest BCUT2D eigenvalue weighted by atomic mass is 16.5. The largest absolute Gasteiger partial charge is 0.462 e. The maximum absolute atomic E-state index is 13.2. The summed E-state index contributed by atoms with van der Waals surface area (Å²) in [7, 11) is 0. The second-order valence-corrected chi connectivity index (χ2v) is 17.2. The van der Waals surface area contributed by atoms with Gasteiger partial charge in [0.1, 0.15) is 6.10 Å². The van der Waals surface area contributed by atoms with Gasteiger partial charge in [-0.15, -0.1) is 0 Å². The lowest BCUT2D eigenvalue weighted by atomic mass is 10.0. The van der Waals surface area contributed by atoms with E-state index in [0.717, 1.165) is 103 Å². The topological polar surface area (TPSA) is 95.9 Å². The highest BCUT2D eigenvalue weighted by Crippen LogP contribution is 2.17. The van der Waals surface area contributed by atoms with Crippen molar-refractivity contribution in [3.05, 3.63) is 97.2 Å². The van der Waals surface area contributed by atoms with Crippen LogP contribution >= 0.6 is 0 Å². The van der Waals surface area contributed by atoms with Gasteiger partial charge in [0, 0.05) is 6.42 Å². The Labute approximate surface area is 388 Å². The number of aliphatic hydroxyl groups excluding tert-OH is 2. The number of amides is 1. The molecule has 360 valence electrons. The van der Waals surface area contributed by atoms with Crippen LogP contribution in [0.25, 0.3) is 0 Å². The van der Waals surface area contributed by atoms with E-state index in [-0.39, 0.29) is 24.9 Å².